The fourth-order valence-electron chi connectivity index (χ4n) is 1.07. The van der Waals surface area contributed by atoms with Crippen molar-refractivity contribution in [3.8, 4) is 5.75 Å². The van der Waals surface area contributed by atoms with Crippen molar-refractivity contribution in [2.24, 2.45) is 5.73 Å². The molecule has 0 aromatic carbocycles. The van der Waals surface area contributed by atoms with E-state index in [1.165, 1.54) is 19.4 Å². The van der Waals surface area contributed by atoms with Gasteiger partial charge in [0.15, 0.2) is 5.76 Å². The van der Waals surface area contributed by atoms with Gasteiger partial charge in [-0.2, -0.15) is 0 Å². The second kappa shape index (κ2) is 4.09. The van der Waals surface area contributed by atoms with E-state index in [1.54, 1.807) is 0 Å². The van der Waals surface area contributed by atoms with Gasteiger partial charge in [-0.15, -0.1) is 0 Å². The molecule has 0 aliphatic heterocycles. The van der Waals surface area contributed by atoms with Gasteiger partial charge in [0.1, 0.15) is 0 Å². The molecule has 1 aromatic heterocycles. The predicted molar refractivity (Wildman–Crippen MR) is 49.0 cm³/mol. The molecule has 2 N–H and O–H groups in total. The van der Waals surface area contributed by atoms with Crippen LogP contribution in [0.1, 0.15) is 18.6 Å². The third-order valence-corrected chi connectivity index (χ3v) is 1.87. The summed E-state index contributed by atoms with van der Waals surface area (Å²) in [5, 5.41) is 0. The normalized spacial score (nSPS) is 12.5. The fourth-order valence-corrected chi connectivity index (χ4v) is 1.07. The van der Waals surface area contributed by atoms with Crippen molar-refractivity contribution in [2.45, 2.75) is 12.8 Å². The van der Waals surface area contributed by atoms with E-state index >= 15 is 0 Å². The summed E-state index contributed by atoms with van der Waals surface area (Å²) in [5.74, 6) is 0.752. The van der Waals surface area contributed by atoms with E-state index in [0.29, 0.717) is 12.3 Å². The van der Waals surface area contributed by atoms with E-state index < -0.39 is 0 Å². The third-order valence-electron chi connectivity index (χ3n) is 1.87. The van der Waals surface area contributed by atoms with Crippen LogP contribution in [0.5, 0.6) is 5.75 Å². The first-order valence-corrected chi connectivity index (χ1v) is 4.06. The monoisotopic (exact) mass is 183 g/mol. The summed E-state index contributed by atoms with van der Waals surface area (Å²) in [6, 6.07) is 1.32. The molecule has 1 unspecified atom stereocenters. The lowest BCUT2D eigenvalue weighted by atomic mass is 10.1. The highest BCUT2D eigenvalue weighted by atomic mass is 16.5. The third kappa shape index (κ3) is 1.89. The van der Waals surface area contributed by atoms with Crippen LogP contribution in [0.15, 0.2) is 21.5 Å². The summed E-state index contributed by atoms with van der Waals surface area (Å²) in [6.07, 6.45) is 1.35. The SMILES string of the molecule is COc1c(C(C)CN)occc1=O. The van der Waals surface area contributed by atoms with E-state index in [1.807, 2.05) is 6.92 Å². The number of hydrogen-bond acceptors (Lipinski definition) is 4. The maximum Gasteiger partial charge on any atom is 0.227 e. The Morgan fingerprint density at radius 3 is 2.92 bits per heavy atom. The zero-order valence-corrected chi connectivity index (χ0v) is 7.74. The number of ether oxygens (including phenoxy) is 1. The van der Waals surface area contributed by atoms with Crippen molar-refractivity contribution >= 4 is 0 Å². The van der Waals surface area contributed by atoms with Crippen LogP contribution in [0.4, 0.5) is 0 Å². The van der Waals surface area contributed by atoms with Gasteiger partial charge < -0.3 is 14.9 Å². The van der Waals surface area contributed by atoms with Crippen molar-refractivity contribution in [2.75, 3.05) is 13.7 Å². The molecule has 0 fully saturated rings. The topological polar surface area (TPSA) is 65.5 Å². The van der Waals surface area contributed by atoms with Gasteiger partial charge >= 0.3 is 0 Å². The molecule has 1 aromatic rings. The number of rotatable bonds is 3. The summed E-state index contributed by atoms with van der Waals surface area (Å²) in [6.45, 7) is 2.30. The highest BCUT2D eigenvalue weighted by Crippen LogP contribution is 2.21. The summed E-state index contributed by atoms with van der Waals surface area (Å²) < 4.78 is 10.1. The van der Waals surface area contributed by atoms with Crippen LogP contribution in [-0.4, -0.2) is 13.7 Å². The molecule has 0 saturated heterocycles. The summed E-state index contributed by atoms with van der Waals surface area (Å²) in [4.78, 5) is 11.3. The van der Waals surface area contributed by atoms with Gasteiger partial charge in [-0.25, -0.2) is 0 Å². The molecule has 0 aliphatic carbocycles. The number of hydrogen-bond donors (Lipinski definition) is 1. The Kier molecular flexibility index (Phi) is 3.08. The predicted octanol–water partition coefficient (Wildman–Crippen LogP) is 0.711. The molecule has 0 spiro atoms. The maximum absolute atomic E-state index is 11.3. The Morgan fingerprint density at radius 1 is 1.69 bits per heavy atom. The minimum Gasteiger partial charge on any atom is -0.490 e. The molecule has 0 saturated carbocycles. The molecule has 1 atom stereocenters. The van der Waals surface area contributed by atoms with Crippen molar-refractivity contribution in [1.29, 1.82) is 0 Å². The molecule has 72 valence electrons. The first kappa shape index (κ1) is 9.80. The van der Waals surface area contributed by atoms with Crippen molar-refractivity contribution in [3.05, 3.63) is 28.3 Å². The lowest BCUT2D eigenvalue weighted by Gasteiger charge is -2.10. The second-order valence-electron chi connectivity index (χ2n) is 2.82. The number of nitrogens with two attached hydrogens (primary N) is 1. The second-order valence-corrected chi connectivity index (χ2v) is 2.82. The molecule has 0 radical (unpaired) electrons. The molecule has 1 heterocycles. The van der Waals surface area contributed by atoms with Crippen LogP contribution in [-0.2, 0) is 0 Å². The van der Waals surface area contributed by atoms with Crippen LogP contribution in [0, 0.1) is 0 Å². The first-order valence-electron chi connectivity index (χ1n) is 4.06. The van der Waals surface area contributed by atoms with Gasteiger partial charge in [0.05, 0.1) is 13.4 Å². The van der Waals surface area contributed by atoms with Crippen LogP contribution in [0.25, 0.3) is 0 Å². The molecule has 4 heteroatoms. The Morgan fingerprint density at radius 2 is 2.38 bits per heavy atom. The summed E-state index contributed by atoms with van der Waals surface area (Å²) in [5.41, 5.74) is 5.28. The van der Waals surface area contributed by atoms with Crippen molar-refractivity contribution in [1.82, 2.24) is 0 Å². The zero-order chi connectivity index (χ0) is 9.84. The van der Waals surface area contributed by atoms with E-state index in [9.17, 15) is 4.79 Å². The van der Waals surface area contributed by atoms with Crippen LogP contribution < -0.4 is 15.9 Å². The quantitative estimate of drug-likeness (QED) is 0.749. The maximum atomic E-state index is 11.3. The van der Waals surface area contributed by atoms with Crippen LogP contribution >= 0.6 is 0 Å². The molecule has 0 bridgehead atoms. The van der Waals surface area contributed by atoms with Gasteiger partial charge in [0, 0.05) is 18.5 Å². The zero-order valence-electron chi connectivity index (χ0n) is 7.74. The highest BCUT2D eigenvalue weighted by Gasteiger charge is 2.15. The van der Waals surface area contributed by atoms with Gasteiger partial charge in [0.25, 0.3) is 0 Å². The van der Waals surface area contributed by atoms with Crippen LogP contribution in [0.2, 0.25) is 0 Å². The minimum atomic E-state index is -0.177. The smallest absolute Gasteiger partial charge is 0.227 e. The number of methoxy groups -OCH3 is 1. The summed E-state index contributed by atoms with van der Waals surface area (Å²) in [7, 11) is 1.44. The Hall–Kier alpha value is -1.29. The van der Waals surface area contributed by atoms with E-state index in [-0.39, 0.29) is 17.1 Å². The highest BCUT2D eigenvalue weighted by molar-refractivity contribution is 5.27. The van der Waals surface area contributed by atoms with Gasteiger partial charge in [0.2, 0.25) is 11.2 Å². The molecule has 13 heavy (non-hydrogen) atoms. The Balaban J connectivity index is 3.20. The van der Waals surface area contributed by atoms with E-state index in [0.717, 1.165) is 0 Å². The van der Waals surface area contributed by atoms with Crippen LogP contribution in [0.3, 0.4) is 0 Å². The lowest BCUT2D eigenvalue weighted by molar-refractivity contribution is 0.357. The largest absolute Gasteiger partial charge is 0.490 e. The molecule has 1 rings (SSSR count). The molecular weight excluding hydrogens is 170 g/mol. The molecule has 0 aliphatic rings. The van der Waals surface area contributed by atoms with E-state index in [2.05, 4.69) is 0 Å². The van der Waals surface area contributed by atoms with Gasteiger partial charge in [-0.3, -0.25) is 4.79 Å². The summed E-state index contributed by atoms with van der Waals surface area (Å²) >= 11 is 0. The van der Waals surface area contributed by atoms with Crippen molar-refractivity contribution in [3.63, 3.8) is 0 Å². The lowest BCUT2D eigenvalue weighted by Crippen LogP contribution is -2.14. The molecule has 0 amide bonds. The van der Waals surface area contributed by atoms with Crippen molar-refractivity contribution < 1.29 is 9.15 Å². The fraction of sp³-hybridized carbons (Fsp3) is 0.444. The Bertz CT molecular complexity index is 332. The van der Waals surface area contributed by atoms with E-state index in [4.69, 9.17) is 14.9 Å². The Labute approximate surface area is 76.3 Å². The average molecular weight is 183 g/mol. The average Bonchev–Trinajstić information content (AvgIpc) is 2.16. The molecular formula is C9H13NO3. The van der Waals surface area contributed by atoms with Gasteiger partial charge in [-0.05, 0) is 0 Å². The minimum absolute atomic E-state index is 0.0103. The standard InChI is InChI=1S/C9H13NO3/c1-6(5-10)8-9(12-2)7(11)3-4-13-8/h3-4,6H,5,10H2,1-2H3. The first-order chi connectivity index (χ1) is 6.20. The molecule has 4 nitrogen and oxygen atoms in total. The van der Waals surface area contributed by atoms with Gasteiger partial charge in [-0.1, -0.05) is 6.92 Å².